The van der Waals surface area contributed by atoms with Crippen molar-refractivity contribution in [3.8, 4) is 11.5 Å². The maximum Gasteiger partial charge on any atom is 0.251 e. The summed E-state index contributed by atoms with van der Waals surface area (Å²) in [6, 6.07) is 4.95. The van der Waals surface area contributed by atoms with Crippen molar-refractivity contribution in [1.29, 1.82) is 0 Å². The summed E-state index contributed by atoms with van der Waals surface area (Å²) in [7, 11) is 3.27. The van der Waals surface area contributed by atoms with E-state index in [-0.39, 0.29) is 18.4 Å². The minimum atomic E-state index is -0.325. The van der Waals surface area contributed by atoms with Crippen molar-refractivity contribution in [2.75, 3.05) is 33.9 Å². The maximum absolute atomic E-state index is 12.0. The molecule has 0 heterocycles. The second kappa shape index (κ2) is 8.14. The molecule has 0 saturated carbocycles. The molecule has 0 atom stereocenters. The van der Waals surface area contributed by atoms with Crippen LogP contribution in [0.4, 0.5) is 0 Å². The Labute approximate surface area is 125 Å². The molecule has 2 amide bonds. The minimum absolute atomic E-state index is 0.0387. The quantitative estimate of drug-likeness (QED) is 0.823. The Kier molecular flexibility index (Phi) is 6.52. The fourth-order valence-electron chi connectivity index (χ4n) is 1.61. The standard InChI is InChI=1S/C15H22N2O4/c1-5-20-12-8-7-11(9-13(12)21-6-2)15(19)16-10-14(18)17(3)4/h7-9H,5-6,10H2,1-4H3,(H,16,19). The molecule has 0 aliphatic rings. The molecule has 116 valence electrons. The Bertz CT molecular complexity index is 500. The molecule has 1 rings (SSSR count). The third-order valence-electron chi connectivity index (χ3n) is 2.70. The number of hydrogen-bond acceptors (Lipinski definition) is 4. The number of carbonyl (C=O) groups excluding carboxylic acids is 2. The molecule has 0 fully saturated rings. The number of nitrogens with one attached hydrogen (secondary N) is 1. The van der Waals surface area contributed by atoms with Crippen LogP contribution in [-0.2, 0) is 4.79 Å². The second-order valence-corrected chi connectivity index (χ2v) is 4.50. The summed E-state index contributed by atoms with van der Waals surface area (Å²) in [6.45, 7) is 4.69. The lowest BCUT2D eigenvalue weighted by atomic mass is 10.2. The van der Waals surface area contributed by atoms with E-state index in [1.165, 1.54) is 4.90 Å². The summed E-state index contributed by atoms with van der Waals surface area (Å²) in [5.41, 5.74) is 0.424. The first-order chi connectivity index (χ1) is 9.99. The lowest BCUT2D eigenvalue weighted by molar-refractivity contribution is -0.127. The predicted octanol–water partition coefficient (Wildman–Crippen LogP) is 1.30. The summed E-state index contributed by atoms with van der Waals surface area (Å²) < 4.78 is 10.9. The van der Waals surface area contributed by atoms with Crippen LogP contribution in [0.3, 0.4) is 0 Å². The smallest absolute Gasteiger partial charge is 0.251 e. The number of likely N-dealkylation sites (N-methyl/N-ethyl adjacent to an activating group) is 1. The van der Waals surface area contributed by atoms with Gasteiger partial charge >= 0.3 is 0 Å². The molecular formula is C15H22N2O4. The molecular weight excluding hydrogens is 272 g/mol. The van der Waals surface area contributed by atoms with Gasteiger partial charge in [-0.25, -0.2) is 0 Å². The van der Waals surface area contributed by atoms with Gasteiger partial charge in [0, 0.05) is 19.7 Å². The Balaban J connectivity index is 2.80. The average Bonchev–Trinajstić information content (AvgIpc) is 2.46. The van der Waals surface area contributed by atoms with Crippen molar-refractivity contribution < 1.29 is 19.1 Å². The van der Waals surface area contributed by atoms with Crippen LogP contribution in [0, 0.1) is 0 Å². The highest BCUT2D eigenvalue weighted by molar-refractivity contribution is 5.97. The monoisotopic (exact) mass is 294 g/mol. The predicted molar refractivity (Wildman–Crippen MR) is 79.8 cm³/mol. The summed E-state index contributed by atoms with van der Waals surface area (Å²) in [5, 5.41) is 2.57. The maximum atomic E-state index is 12.0. The van der Waals surface area contributed by atoms with E-state index in [9.17, 15) is 9.59 Å². The molecule has 0 radical (unpaired) electrons. The number of nitrogens with zero attached hydrogens (tertiary/aromatic N) is 1. The average molecular weight is 294 g/mol. The molecule has 21 heavy (non-hydrogen) atoms. The van der Waals surface area contributed by atoms with Crippen LogP contribution in [-0.4, -0.2) is 50.6 Å². The molecule has 0 saturated heterocycles. The molecule has 0 spiro atoms. The van der Waals surface area contributed by atoms with Gasteiger partial charge in [-0.15, -0.1) is 0 Å². The van der Waals surface area contributed by atoms with E-state index >= 15 is 0 Å². The number of hydrogen-bond donors (Lipinski definition) is 1. The van der Waals surface area contributed by atoms with Crippen LogP contribution >= 0.6 is 0 Å². The Morgan fingerprint density at radius 3 is 2.29 bits per heavy atom. The van der Waals surface area contributed by atoms with Gasteiger partial charge in [-0.3, -0.25) is 9.59 Å². The zero-order chi connectivity index (χ0) is 15.8. The molecule has 0 unspecified atom stereocenters. The van der Waals surface area contributed by atoms with Crippen molar-refractivity contribution in [3.05, 3.63) is 23.8 Å². The third kappa shape index (κ3) is 4.98. The van der Waals surface area contributed by atoms with Gasteiger partial charge < -0.3 is 19.7 Å². The molecule has 0 bridgehead atoms. The largest absolute Gasteiger partial charge is 0.490 e. The van der Waals surface area contributed by atoms with E-state index in [0.29, 0.717) is 30.3 Å². The first-order valence-corrected chi connectivity index (χ1v) is 6.87. The minimum Gasteiger partial charge on any atom is -0.490 e. The van der Waals surface area contributed by atoms with Gasteiger partial charge in [-0.1, -0.05) is 0 Å². The molecule has 6 heteroatoms. The second-order valence-electron chi connectivity index (χ2n) is 4.50. The van der Waals surface area contributed by atoms with Crippen molar-refractivity contribution in [3.63, 3.8) is 0 Å². The Morgan fingerprint density at radius 1 is 1.10 bits per heavy atom. The normalized spacial score (nSPS) is 9.90. The van der Waals surface area contributed by atoms with E-state index in [2.05, 4.69) is 5.32 Å². The zero-order valence-corrected chi connectivity index (χ0v) is 12.9. The highest BCUT2D eigenvalue weighted by atomic mass is 16.5. The van der Waals surface area contributed by atoms with Gasteiger partial charge in [0.2, 0.25) is 5.91 Å². The van der Waals surface area contributed by atoms with Gasteiger partial charge in [-0.2, -0.15) is 0 Å². The van der Waals surface area contributed by atoms with E-state index in [0.717, 1.165) is 0 Å². The van der Waals surface area contributed by atoms with Crippen LogP contribution in [0.25, 0.3) is 0 Å². The number of benzene rings is 1. The molecule has 6 nitrogen and oxygen atoms in total. The van der Waals surface area contributed by atoms with E-state index in [4.69, 9.17) is 9.47 Å². The molecule has 0 aliphatic heterocycles. The van der Waals surface area contributed by atoms with Crippen LogP contribution in [0.2, 0.25) is 0 Å². The third-order valence-corrected chi connectivity index (χ3v) is 2.70. The lowest BCUT2D eigenvalue weighted by Gasteiger charge is -2.13. The topological polar surface area (TPSA) is 67.9 Å². The summed E-state index contributed by atoms with van der Waals surface area (Å²) in [6.07, 6.45) is 0. The summed E-state index contributed by atoms with van der Waals surface area (Å²) in [4.78, 5) is 24.9. The molecule has 1 N–H and O–H groups in total. The Hall–Kier alpha value is -2.24. The lowest BCUT2D eigenvalue weighted by Crippen LogP contribution is -2.36. The van der Waals surface area contributed by atoms with Crippen LogP contribution in [0.5, 0.6) is 11.5 Å². The molecule has 0 aliphatic carbocycles. The van der Waals surface area contributed by atoms with Gasteiger partial charge in [0.15, 0.2) is 11.5 Å². The van der Waals surface area contributed by atoms with E-state index < -0.39 is 0 Å². The number of ether oxygens (including phenoxy) is 2. The molecule has 1 aromatic rings. The van der Waals surface area contributed by atoms with Crippen LogP contribution < -0.4 is 14.8 Å². The molecule has 0 aromatic heterocycles. The number of rotatable bonds is 7. The summed E-state index contributed by atoms with van der Waals surface area (Å²) >= 11 is 0. The first-order valence-electron chi connectivity index (χ1n) is 6.87. The van der Waals surface area contributed by atoms with Gasteiger partial charge in [0.25, 0.3) is 5.91 Å². The highest BCUT2D eigenvalue weighted by Gasteiger charge is 2.13. The van der Waals surface area contributed by atoms with E-state index in [1.54, 1.807) is 32.3 Å². The first kappa shape index (κ1) is 16.8. The molecule has 1 aromatic carbocycles. The van der Waals surface area contributed by atoms with E-state index in [1.807, 2.05) is 13.8 Å². The van der Waals surface area contributed by atoms with Crippen LogP contribution in [0.15, 0.2) is 18.2 Å². The van der Waals surface area contributed by atoms with Gasteiger partial charge in [0.05, 0.1) is 19.8 Å². The van der Waals surface area contributed by atoms with Gasteiger partial charge in [0.1, 0.15) is 0 Å². The van der Waals surface area contributed by atoms with Gasteiger partial charge in [-0.05, 0) is 32.0 Å². The fraction of sp³-hybridized carbons (Fsp3) is 0.467. The number of amides is 2. The van der Waals surface area contributed by atoms with Crippen molar-refractivity contribution >= 4 is 11.8 Å². The van der Waals surface area contributed by atoms with Crippen molar-refractivity contribution in [1.82, 2.24) is 10.2 Å². The fourth-order valence-corrected chi connectivity index (χ4v) is 1.61. The van der Waals surface area contributed by atoms with Crippen LogP contribution in [0.1, 0.15) is 24.2 Å². The highest BCUT2D eigenvalue weighted by Crippen LogP contribution is 2.28. The van der Waals surface area contributed by atoms with Crippen molar-refractivity contribution in [2.24, 2.45) is 0 Å². The van der Waals surface area contributed by atoms with Crippen molar-refractivity contribution in [2.45, 2.75) is 13.8 Å². The summed E-state index contributed by atoms with van der Waals surface area (Å²) in [5.74, 6) is 0.625. The Morgan fingerprint density at radius 2 is 1.71 bits per heavy atom. The zero-order valence-electron chi connectivity index (χ0n) is 12.9. The SMILES string of the molecule is CCOc1ccc(C(=O)NCC(=O)N(C)C)cc1OCC. The number of carbonyl (C=O) groups is 2.